The van der Waals surface area contributed by atoms with E-state index in [1.165, 1.54) is 11.8 Å². The molecular formula is C13H19N3O2. The highest BCUT2D eigenvalue weighted by Crippen LogP contribution is 2.16. The van der Waals surface area contributed by atoms with E-state index in [1.54, 1.807) is 26.0 Å². The SMILES string of the molecule is CC(=O)N(C)c1ccc(NCC(=O)N(C)C)cc1. The van der Waals surface area contributed by atoms with Crippen LogP contribution in [0.2, 0.25) is 0 Å². The van der Waals surface area contributed by atoms with E-state index in [1.807, 2.05) is 24.3 Å². The number of anilines is 2. The molecule has 0 heterocycles. The van der Waals surface area contributed by atoms with E-state index in [2.05, 4.69) is 5.32 Å². The number of hydrogen-bond acceptors (Lipinski definition) is 3. The van der Waals surface area contributed by atoms with Gasteiger partial charge in [0.2, 0.25) is 11.8 Å². The summed E-state index contributed by atoms with van der Waals surface area (Å²) in [5.41, 5.74) is 1.68. The maximum absolute atomic E-state index is 11.4. The van der Waals surface area contributed by atoms with Crippen LogP contribution in [-0.2, 0) is 9.59 Å². The average molecular weight is 249 g/mol. The Labute approximate surface area is 107 Å². The summed E-state index contributed by atoms with van der Waals surface area (Å²) >= 11 is 0. The fraction of sp³-hybridized carbons (Fsp3) is 0.385. The van der Waals surface area contributed by atoms with Crippen molar-refractivity contribution in [3.8, 4) is 0 Å². The van der Waals surface area contributed by atoms with Crippen LogP contribution in [0.25, 0.3) is 0 Å². The summed E-state index contributed by atoms with van der Waals surface area (Å²) in [6.07, 6.45) is 0. The molecule has 98 valence electrons. The third-order valence-corrected chi connectivity index (χ3v) is 2.67. The van der Waals surface area contributed by atoms with E-state index in [0.29, 0.717) is 0 Å². The standard InChI is InChI=1S/C13H19N3O2/c1-10(17)16(4)12-7-5-11(6-8-12)14-9-13(18)15(2)3/h5-8,14H,9H2,1-4H3. The lowest BCUT2D eigenvalue weighted by Crippen LogP contribution is -2.28. The largest absolute Gasteiger partial charge is 0.376 e. The number of hydrogen-bond donors (Lipinski definition) is 1. The van der Waals surface area contributed by atoms with Crippen molar-refractivity contribution in [1.82, 2.24) is 4.90 Å². The van der Waals surface area contributed by atoms with Crippen LogP contribution in [0.5, 0.6) is 0 Å². The van der Waals surface area contributed by atoms with Gasteiger partial charge in [-0.05, 0) is 24.3 Å². The Morgan fingerprint density at radius 3 is 2.11 bits per heavy atom. The van der Waals surface area contributed by atoms with E-state index in [9.17, 15) is 9.59 Å². The molecule has 0 bridgehead atoms. The van der Waals surface area contributed by atoms with Gasteiger partial charge in [0.05, 0.1) is 6.54 Å². The lowest BCUT2D eigenvalue weighted by Gasteiger charge is -2.16. The minimum Gasteiger partial charge on any atom is -0.376 e. The first kappa shape index (κ1) is 14.0. The van der Waals surface area contributed by atoms with Crippen molar-refractivity contribution in [1.29, 1.82) is 0 Å². The van der Waals surface area contributed by atoms with Gasteiger partial charge in [0.15, 0.2) is 0 Å². The first-order valence-electron chi connectivity index (χ1n) is 5.70. The zero-order valence-corrected chi connectivity index (χ0v) is 11.2. The lowest BCUT2D eigenvalue weighted by molar-refractivity contribution is -0.126. The molecule has 5 nitrogen and oxygen atoms in total. The van der Waals surface area contributed by atoms with Gasteiger partial charge in [0, 0.05) is 39.4 Å². The molecule has 0 fully saturated rings. The summed E-state index contributed by atoms with van der Waals surface area (Å²) in [4.78, 5) is 25.7. The van der Waals surface area contributed by atoms with E-state index >= 15 is 0 Å². The van der Waals surface area contributed by atoms with E-state index in [4.69, 9.17) is 0 Å². The molecule has 0 radical (unpaired) electrons. The average Bonchev–Trinajstić information content (AvgIpc) is 2.35. The fourth-order valence-corrected chi connectivity index (χ4v) is 1.32. The third kappa shape index (κ3) is 3.76. The van der Waals surface area contributed by atoms with Crippen molar-refractivity contribution in [3.63, 3.8) is 0 Å². The Bertz CT molecular complexity index is 426. The van der Waals surface area contributed by atoms with E-state index in [0.717, 1.165) is 11.4 Å². The zero-order valence-electron chi connectivity index (χ0n) is 11.2. The van der Waals surface area contributed by atoms with E-state index in [-0.39, 0.29) is 18.4 Å². The van der Waals surface area contributed by atoms with Gasteiger partial charge in [-0.1, -0.05) is 0 Å². The predicted molar refractivity (Wildman–Crippen MR) is 72.7 cm³/mol. The first-order chi connectivity index (χ1) is 8.41. The molecular weight excluding hydrogens is 230 g/mol. The first-order valence-corrected chi connectivity index (χ1v) is 5.70. The predicted octanol–water partition coefficient (Wildman–Crippen LogP) is 1.17. The molecule has 1 rings (SSSR count). The maximum Gasteiger partial charge on any atom is 0.241 e. The highest BCUT2D eigenvalue weighted by atomic mass is 16.2. The number of rotatable bonds is 4. The molecule has 0 spiro atoms. The second kappa shape index (κ2) is 6.05. The van der Waals surface area contributed by atoms with Gasteiger partial charge in [-0.2, -0.15) is 0 Å². The van der Waals surface area contributed by atoms with Crippen LogP contribution >= 0.6 is 0 Å². The van der Waals surface area contributed by atoms with Crippen molar-refractivity contribution in [3.05, 3.63) is 24.3 Å². The Kier molecular flexibility index (Phi) is 4.71. The van der Waals surface area contributed by atoms with Crippen LogP contribution in [0.1, 0.15) is 6.92 Å². The number of amides is 2. The van der Waals surface area contributed by atoms with Crippen LogP contribution in [-0.4, -0.2) is 44.4 Å². The molecule has 0 aliphatic heterocycles. The molecule has 0 aliphatic rings. The van der Waals surface area contributed by atoms with Crippen LogP contribution in [0, 0.1) is 0 Å². The minimum atomic E-state index is -0.0153. The Morgan fingerprint density at radius 2 is 1.67 bits per heavy atom. The van der Waals surface area contributed by atoms with Gasteiger partial charge >= 0.3 is 0 Å². The summed E-state index contributed by atoms with van der Waals surface area (Å²) in [5, 5.41) is 3.03. The summed E-state index contributed by atoms with van der Waals surface area (Å²) in [6, 6.07) is 7.36. The van der Waals surface area contributed by atoms with Crippen molar-refractivity contribution in [2.75, 3.05) is 37.9 Å². The smallest absolute Gasteiger partial charge is 0.241 e. The molecule has 1 N–H and O–H groups in total. The fourth-order valence-electron chi connectivity index (χ4n) is 1.32. The van der Waals surface area contributed by atoms with Crippen LogP contribution < -0.4 is 10.2 Å². The normalized spacial score (nSPS) is 9.78. The van der Waals surface area contributed by atoms with Gasteiger partial charge in [0.25, 0.3) is 0 Å². The molecule has 0 saturated heterocycles. The lowest BCUT2D eigenvalue weighted by atomic mass is 10.2. The van der Waals surface area contributed by atoms with Crippen molar-refractivity contribution in [2.24, 2.45) is 0 Å². The molecule has 1 aromatic rings. The molecule has 1 aromatic carbocycles. The highest BCUT2D eigenvalue weighted by Gasteiger charge is 2.06. The third-order valence-electron chi connectivity index (χ3n) is 2.67. The number of nitrogens with zero attached hydrogens (tertiary/aromatic N) is 2. The van der Waals surface area contributed by atoms with Gasteiger partial charge in [-0.15, -0.1) is 0 Å². The van der Waals surface area contributed by atoms with Crippen molar-refractivity contribution in [2.45, 2.75) is 6.92 Å². The summed E-state index contributed by atoms with van der Waals surface area (Å²) < 4.78 is 0. The number of likely N-dealkylation sites (N-methyl/N-ethyl adjacent to an activating group) is 1. The number of nitrogens with one attached hydrogen (secondary N) is 1. The Balaban J connectivity index is 2.61. The number of carbonyl (C=O) groups excluding carboxylic acids is 2. The van der Waals surface area contributed by atoms with Gasteiger partial charge in [-0.3, -0.25) is 9.59 Å². The van der Waals surface area contributed by atoms with Crippen molar-refractivity contribution < 1.29 is 9.59 Å². The molecule has 0 aliphatic carbocycles. The van der Waals surface area contributed by atoms with Gasteiger partial charge in [0.1, 0.15) is 0 Å². The summed E-state index contributed by atoms with van der Waals surface area (Å²) in [5.74, 6) is -0.00146. The minimum absolute atomic E-state index is 0.0138. The second-order valence-electron chi connectivity index (χ2n) is 4.27. The van der Waals surface area contributed by atoms with Gasteiger partial charge < -0.3 is 15.1 Å². The Morgan fingerprint density at radius 1 is 1.11 bits per heavy atom. The molecule has 2 amide bonds. The zero-order chi connectivity index (χ0) is 13.7. The summed E-state index contributed by atoms with van der Waals surface area (Å²) in [7, 11) is 5.16. The number of carbonyl (C=O) groups is 2. The van der Waals surface area contributed by atoms with Crippen LogP contribution in [0.3, 0.4) is 0 Å². The quantitative estimate of drug-likeness (QED) is 0.871. The van der Waals surface area contributed by atoms with E-state index < -0.39 is 0 Å². The molecule has 0 atom stereocenters. The second-order valence-corrected chi connectivity index (χ2v) is 4.27. The maximum atomic E-state index is 11.4. The van der Waals surface area contributed by atoms with Crippen molar-refractivity contribution >= 4 is 23.2 Å². The molecule has 18 heavy (non-hydrogen) atoms. The topological polar surface area (TPSA) is 52.7 Å². The van der Waals surface area contributed by atoms with Crippen LogP contribution in [0.15, 0.2) is 24.3 Å². The Hall–Kier alpha value is -2.04. The molecule has 0 unspecified atom stereocenters. The number of benzene rings is 1. The molecule has 5 heteroatoms. The van der Waals surface area contributed by atoms with Crippen LogP contribution in [0.4, 0.5) is 11.4 Å². The monoisotopic (exact) mass is 249 g/mol. The molecule has 0 saturated carbocycles. The van der Waals surface area contributed by atoms with Gasteiger partial charge in [-0.25, -0.2) is 0 Å². The molecule has 0 aromatic heterocycles. The highest BCUT2D eigenvalue weighted by molar-refractivity contribution is 5.91. The summed E-state index contributed by atoms with van der Waals surface area (Å²) in [6.45, 7) is 1.77.